The van der Waals surface area contributed by atoms with Crippen LogP contribution in [0.15, 0.2) is 0 Å². The fourth-order valence-electron chi connectivity index (χ4n) is 5.28. The molecule has 0 aliphatic heterocycles. The summed E-state index contributed by atoms with van der Waals surface area (Å²) in [6.07, 6.45) is 7.92. The zero-order chi connectivity index (χ0) is 11.3. The van der Waals surface area contributed by atoms with Gasteiger partial charge in [0.25, 0.3) is 0 Å². The molecule has 1 atom stereocenters. The number of hydrogen-bond donors (Lipinski definition) is 2. The molecule has 0 aromatic rings. The van der Waals surface area contributed by atoms with Crippen molar-refractivity contribution in [2.45, 2.75) is 44.6 Å². The molecule has 3 heteroatoms. The second-order valence-electron chi connectivity index (χ2n) is 6.40. The van der Waals surface area contributed by atoms with Gasteiger partial charge < -0.3 is 11.1 Å². The van der Waals surface area contributed by atoms with E-state index in [9.17, 15) is 4.79 Å². The number of primary amides is 1. The SMILES string of the molecule is CNC(C(N)=O)C12CC3CC(CC(C3)C1)C2. The van der Waals surface area contributed by atoms with Crippen molar-refractivity contribution in [3.8, 4) is 0 Å². The maximum atomic E-state index is 11.6. The number of rotatable bonds is 3. The van der Waals surface area contributed by atoms with Crippen molar-refractivity contribution < 1.29 is 4.79 Å². The smallest absolute Gasteiger partial charge is 0.235 e. The predicted octanol–water partition coefficient (Wildman–Crippen LogP) is 1.28. The van der Waals surface area contributed by atoms with Crippen molar-refractivity contribution in [1.29, 1.82) is 0 Å². The van der Waals surface area contributed by atoms with Gasteiger partial charge in [-0.25, -0.2) is 0 Å². The second kappa shape index (κ2) is 3.46. The monoisotopic (exact) mass is 222 g/mol. The molecule has 3 nitrogen and oxygen atoms in total. The van der Waals surface area contributed by atoms with Gasteiger partial charge in [0.2, 0.25) is 5.91 Å². The molecule has 4 rings (SSSR count). The molecule has 4 fully saturated rings. The van der Waals surface area contributed by atoms with Gasteiger partial charge in [0.15, 0.2) is 0 Å². The molecule has 0 aromatic heterocycles. The highest BCUT2D eigenvalue weighted by atomic mass is 16.1. The van der Waals surface area contributed by atoms with Gasteiger partial charge >= 0.3 is 0 Å². The molecule has 1 unspecified atom stereocenters. The highest BCUT2D eigenvalue weighted by molar-refractivity contribution is 5.81. The van der Waals surface area contributed by atoms with E-state index in [1.165, 1.54) is 38.5 Å². The lowest BCUT2D eigenvalue weighted by molar-refractivity contribution is -0.131. The van der Waals surface area contributed by atoms with Gasteiger partial charge in [0.1, 0.15) is 0 Å². The molecular weight excluding hydrogens is 200 g/mol. The van der Waals surface area contributed by atoms with Crippen LogP contribution in [0.3, 0.4) is 0 Å². The maximum Gasteiger partial charge on any atom is 0.235 e. The third kappa shape index (κ3) is 1.41. The Hall–Kier alpha value is -0.570. The van der Waals surface area contributed by atoms with Crippen LogP contribution in [-0.2, 0) is 4.79 Å². The lowest BCUT2D eigenvalue weighted by Crippen LogP contribution is -2.59. The Balaban J connectivity index is 1.90. The van der Waals surface area contributed by atoms with Crippen molar-refractivity contribution in [2.75, 3.05) is 7.05 Å². The molecule has 1 amide bonds. The minimum Gasteiger partial charge on any atom is -0.368 e. The first-order valence-electron chi connectivity index (χ1n) is 6.59. The highest BCUT2D eigenvalue weighted by Gasteiger charge is 2.55. The minimum atomic E-state index is -0.149. The Morgan fingerprint density at radius 2 is 1.62 bits per heavy atom. The van der Waals surface area contributed by atoms with Gasteiger partial charge in [-0.3, -0.25) is 4.79 Å². The van der Waals surface area contributed by atoms with Crippen molar-refractivity contribution in [3.05, 3.63) is 0 Å². The number of nitrogens with two attached hydrogens (primary N) is 1. The number of amides is 1. The van der Waals surface area contributed by atoms with Crippen LogP contribution in [-0.4, -0.2) is 19.0 Å². The van der Waals surface area contributed by atoms with Gasteiger partial charge in [-0.2, -0.15) is 0 Å². The zero-order valence-electron chi connectivity index (χ0n) is 10.0. The Bertz CT molecular complexity index is 278. The molecule has 4 saturated carbocycles. The number of carbonyl (C=O) groups is 1. The van der Waals surface area contributed by atoms with Crippen LogP contribution >= 0.6 is 0 Å². The summed E-state index contributed by atoms with van der Waals surface area (Å²) in [6.45, 7) is 0. The summed E-state index contributed by atoms with van der Waals surface area (Å²) in [5.74, 6) is 2.48. The first kappa shape index (κ1) is 10.6. The van der Waals surface area contributed by atoms with E-state index in [2.05, 4.69) is 5.32 Å². The quantitative estimate of drug-likeness (QED) is 0.755. The van der Waals surface area contributed by atoms with Gasteiger partial charge in [-0.05, 0) is 68.7 Å². The van der Waals surface area contributed by atoms with Crippen LogP contribution < -0.4 is 11.1 Å². The van der Waals surface area contributed by atoms with Crippen LogP contribution in [0.25, 0.3) is 0 Å². The Labute approximate surface area is 97.2 Å². The average Bonchev–Trinajstić information content (AvgIpc) is 2.14. The molecule has 90 valence electrons. The summed E-state index contributed by atoms with van der Waals surface area (Å²) in [4.78, 5) is 11.6. The fraction of sp³-hybridized carbons (Fsp3) is 0.923. The van der Waals surface area contributed by atoms with Crippen molar-refractivity contribution in [1.82, 2.24) is 5.32 Å². The molecule has 4 aliphatic carbocycles. The lowest BCUT2D eigenvalue weighted by Gasteiger charge is -2.58. The number of carbonyl (C=O) groups excluding carboxylic acids is 1. The van der Waals surface area contributed by atoms with E-state index in [0.717, 1.165) is 17.8 Å². The maximum absolute atomic E-state index is 11.6. The van der Waals surface area contributed by atoms with Crippen LogP contribution in [0, 0.1) is 23.2 Å². The van der Waals surface area contributed by atoms with Crippen LogP contribution in [0.4, 0.5) is 0 Å². The zero-order valence-corrected chi connectivity index (χ0v) is 10.0. The van der Waals surface area contributed by atoms with E-state index < -0.39 is 0 Å². The van der Waals surface area contributed by atoms with Gasteiger partial charge in [0, 0.05) is 0 Å². The Morgan fingerprint density at radius 3 is 1.94 bits per heavy atom. The third-order valence-electron chi connectivity index (χ3n) is 5.27. The summed E-state index contributed by atoms with van der Waals surface area (Å²) in [5, 5.41) is 3.18. The number of likely N-dealkylation sites (N-methyl/N-ethyl adjacent to an activating group) is 1. The van der Waals surface area contributed by atoms with E-state index in [0.29, 0.717) is 0 Å². The highest BCUT2D eigenvalue weighted by Crippen LogP contribution is 2.61. The lowest BCUT2D eigenvalue weighted by atomic mass is 9.47. The first-order valence-corrected chi connectivity index (χ1v) is 6.59. The largest absolute Gasteiger partial charge is 0.368 e. The normalized spacial score (nSPS) is 46.9. The van der Waals surface area contributed by atoms with E-state index in [-0.39, 0.29) is 17.4 Å². The number of hydrogen-bond acceptors (Lipinski definition) is 2. The van der Waals surface area contributed by atoms with Gasteiger partial charge in [0.05, 0.1) is 6.04 Å². The van der Waals surface area contributed by atoms with Crippen molar-refractivity contribution in [2.24, 2.45) is 28.9 Å². The third-order valence-corrected chi connectivity index (χ3v) is 5.27. The van der Waals surface area contributed by atoms with E-state index in [1.54, 1.807) is 0 Å². The molecule has 16 heavy (non-hydrogen) atoms. The molecule has 3 N–H and O–H groups in total. The summed E-state index contributed by atoms with van der Waals surface area (Å²) in [6, 6.07) is -0.0964. The molecule has 0 spiro atoms. The first-order chi connectivity index (χ1) is 7.63. The second-order valence-corrected chi connectivity index (χ2v) is 6.40. The minimum absolute atomic E-state index is 0.0964. The van der Waals surface area contributed by atoms with Gasteiger partial charge in [-0.15, -0.1) is 0 Å². The van der Waals surface area contributed by atoms with E-state index in [4.69, 9.17) is 5.73 Å². The van der Waals surface area contributed by atoms with Crippen LogP contribution in [0.2, 0.25) is 0 Å². The summed E-state index contributed by atoms with van der Waals surface area (Å²) >= 11 is 0. The van der Waals surface area contributed by atoms with Crippen molar-refractivity contribution in [3.63, 3.8) is 0 Å². The standard InChI is InChI=1S/C13H22N2O/c1-15-11(12(14)16)13-5-8-2-9(6-13)4-10(3-8)7-13/h8-11,15H,2-7H2,1H3,(H2,14,16). The summed E-state index contributed by atoms with van der Waals surface area (Å²) < 4.78 is 0. The molecule has 0 radical (unpaired) electrons. The van der Waals surface area contributed by atoms with Crippen molar-refractivity contribution >= 4 is 5.91 Å². The Kier molecular flexibility index (Phi) is 2.29. The molecule has 4 bridgehead atoms. The Morgan fingerprint density at radius 1 is 1.19 bits per heavy atom. The topological polar surface area (TPSA) is 55.1 Å². The average molecular weight is 222 g/mol. The predicted molar refractivity (Wildman–Crippen MR) is 62.6 cm³/mol. The summed E-state index contributed by atoms with van der Waals surface area (Å²) in [7, 11) is 1.88. The van der Waals surface area contributed by atoms with E-state index >= 15 is 0 Å². The number of nitrogens with one attached hydrogen (secondary N) is 1. The fourth-order valence-corrected chi connectivity index (χ4v) is 5.28. The molecule has 0 aromatic carbocycles. The molecule has 0 saturated heterocycles. The summed E-state index contributed by atoms with van der Waals surface area (Å²) in [5.41, 5.74) is 5.77. The van der Waals surface area contributed by atoms with Gasteiger partial charge in [-0.1, -0.05) is 0 Å². The molecular formula is C13H22N2O. The van der Waals surface area contributed by atoms with Crippen LogP contribution in [0.5, 0.6) is 0 Å². The molecule has 0 heterocycles. The molecule has 4 aliphatic rings. The van der Waals surface area contributed by atoms with E-state index in [1.807, 2.05) is 7.05 Å². The van der Waals surface area contributed by atoms with Crippen LogP contribution in [0.1, 0.15) is 38.5 Å².